The van der Waals surface area contributed by atoms with Crippen molar-refractivity contribution in [3.05, 3.63) is 249 Å². The molecule has 0 atom stereocenters. The van der Waals surface area contributed by atoms with E-state index >= 15 is 0 Å². The van der Waals surface area contributed by atoms with E-state index in [2.05, 4.69) is 254 Å². The monoisotopic (exact) mass is 799 g/mol. The first-order chi connectivity index (χ1) is 31.2. The van der Waals surface area contributed by atoms with Crippen molar-refractivity contribution < 1.29 is 0 Å². The average Bonchev–Trinajstić information content (AvgIpc) is 3.36. The molecule has 294 valence electrons. The van der Waals surface area contributed by atoms with Crippen molar-refractivity contribution in [2.24, 2.45) is 0 Å². The Labute approximate surface area is 367 Å². The third-order valence-electron chi connectivity index (χ3n) is 12.7. The number of fused-ring (bicyclic) bond motifs is 6. The first kappa shape index (κ1) is 36.6. The van der Waals surface area contributed by atoms with Crippen LogP contribution in [0.4, 0.5) is 17.1 Å². The number of benzene rings is 12. The number of hydrogen-bond donors (Lipinski definition) is 0. The molecule has 0 amide bonds. The summed E-state index contributed by atoms with van der Waals surface area (Å²) in [7, 11) is 0. The molecule has 0 aromatic heterocycles. The topological polar surface area (TPSA) is 3.24 Å². The highest BCUT2D eigenvalue weighted by Crippen LogP contribution is 2.49. The molecule has 0 aliphatic rings. The molecular formula is C62H41N. The van der Waals surface area contributed by atoms with Crippen LogP contribution in [-0.2, 0) is 0 Å². The molecule has 0 fully saturated rings. The van der Waals surface area contributed by atoms with Crippen LogP contribution >= 0.6 is 0 Å². The lowest BCUT2D eigenvalue weighted by atomic mass is 9.83. The smallest absolute Gasteiger partial charge is 0.0468 e. The van der Waals surface area contributed by atoms with Crippen molar-refractivity contribution >= 4 is 70.9 Å². The van der Waals surface area contributed by atoms with Gasteiger partial charge in [-0.1, -0.05) is 194 Å². The largest absolute Gasteiger partial charge is 0.310 e. The van der Waals surface area contributed by atoms with E-state index in [9.17, 15) is 0 Å². The summed E-state index contributed by atoms with van der Waals surface area (Å²) in [6, 6.07) is 91.4. The van der Waals surface area contributed by atoms with Crippen LogP contribution in [-0.4, -0.2) is 0 Å². The fourth-order valence-electron chi connectivity index (χ4n) is 9.76. The molecule has 1 nitrogen and oxygen atoms in total. The van der Waals surface area contributed by atoms with Gasteiger partial charge in [0.25, 0.3) is 0 Å². The summed E-state index contributed by atoms with van der Waals surface area (Å²) in [4.78, 5) is 2.42. The van der Waals surface area contributed by atoms with Gasteiger partial charge in [0.2, 0.25) is 0 Å². The van der Waals surface area contributed by atoms with Gasteiger partial charge in [0, 0.05) is 17.1 Å². The summed E-state index contributed by atoms with van der Waals surface area (Å²) in [6.45, 7) is 0. The maximum Gasteiger partial charge on any atom is 0.0468 e. The van der Waals surface area contributed by atoms with Crippen LogP contribution in [0.25, 0.3) is 98.4 Å². The zero-order valence-electron chi connectivity index (χ0n) is 34.6. The molecule has 12 aromatic rings. The van der Waals surface area contributed by atoms with Crippen molar-refractivity contribution in [3.63, 3.8) is 0 Å². The second-order valence-electron chi connectivity index (χ2n) is 16.5. The lowest BCUT2D eigenvalue weighted by molar-refractivity contribution is 1.30. The average molecular weight is 800 g/mol. The standard InChI is InChI=1S/C62H41N/c1-4-18-44(19-5-1)57-38-49-26-14-15-27-50(49)39-58(57)51-30-34-55-56-35-33-54(41-60(56)62(46-22-8-3-9-23-46)61(59(55)40-51)45-20-6-2-7-21-45)63(52-31-28-42-16-10-12-24-47(42)36-52)53-32-29-43-17-11-13-25-48(43)37-53/h1-41H. The van der Waals surface area contributed by atoms with E-state index in [-0.39, 0.29) is 0 Å². The number of hydrogen-bond acceptors (Lipinski definition) is 1. The fourth-order valence-corrected chi connectivity index (χ4v) is 9.76. The normalized spacial score (nSPS) is 11.5. The van der Waals surface area contributed by atoms with Crippen LogP contribution in [0.5, 0.6) is 0 Å². The van der Waals surface area contributed by atoms with E-state index in [1.165, 1.54) is 98.4 Å². The Kier molecular flexibility index (Phi) is 8.90. The molecular weight excluding hydrogens is 759 g/mol. The molecule has 0 aliphatic carbocycles. The van der Waals surface area contributed by atoms with Gasteiger partial charge in [0.1, 0.15) is 0 Å². The predicted molar refractivity (Wildman–Crippen MR) is 270 cm³/mol. The lowest BCUT2D eigenvalue weighted by Crippen LogP contribution is -2.10. The SMILES string of the molecule is c1ccc(-c2cc3ccccc3cc2-c2ccc3c(c2)c(-c2ccccc2)c(-c2ccccc2)c2cc(N(c4ccc5ccccc5c4)c4ccc5ccccc5c4)ccc23)cc1. The molecule has 0 unspecified atom stereocenters. The van der Waals surface area contributed by atoms with Crippen molar-refractivity contribution in [1.82, 2.24) is 0 Å². The van der Waals surface area contributed by atoms with Gasteiger partial charge in [-0.25, -0.2) is 0 Å². The summed E-state index contributed by atoms with van der Waals surface area (Å²) >= 11 is 0. The molecule has 12 rings (SSSR count). The van der Waals surface area contributed by atoms with Gasteiger partial charge in [-0.2, -0.15) is 0 Å². The fraction of sp³-hybridized carbons (Fsp3) is 0. The summed E-state index contributed by atoms with van der Waals surface area (Å²) < 4.78 is 0. The van der Waals surface area contributed by atoms with E-state index in [1.807, 2.05) is 0 Å². The summed E-state index contributed by atoms with van der Waals surface area (Å²) in [5, 5.41) is 12.2. The highest BCUT2D eigenvalue weighted by Gasteiger charge is 2.22. The number of nitrogens with zero attached hydrogens (tertiary/aromatic N) is 1. The van der Waals surface area contributed by atoms with E-state index in [1.54, 1.807) is 0 Å². The van der Waals surface area contributed by atoms with E-state index < -0.39 is 0 Å². The third-order valence-corrected chi connectivity index (χ3v) is 12.7. The number of rotatable bonds is 7. The molecule has 0 N–H and O–H groups in total. The van der Waals surface area contributed by atoms with Crippen LogP contribution in [0.15, 0.2) is 249 Å². The van der Waals surface area contributed by atoms with Crippen LogP contribution in [0.2, 0.25) is 0 Å². The zero-order chi connectivity index (χ0) is 41.7. The van der Waals surface area contributed by atoms with Crippen molar-refractivity contribution in [1.29, 1.82) is 0 Å². The molecule has 0 radical (unpaired) electrons. The highest BCUT2D eigenvalue weighted by atomic mass is 15.1. The minimum atomic E-state index is 1.10. The molecule has 0 saturated carbocycles. The summed E-state index contributed by atoms with van der Waals surface area (Å²) in [6.07, 6.45) is 0. The van der Waals surface area contributed by atoms with Gasteiger partial charge in [-0.05, 0) is 153 Å². The molecule has 63 heavy (non-hydrogen) atoms. The van der Waals surface area contributed by atoms with E-state index in [0.717, 1.165) is 17.1 Å². The molecule has 0 bridgehead atoms. The first-order valence-corrected chi connectivity index (χ1v) is 21.7. The minimum absolute atomic E-state index is 1.10. The van der Waals surface area contributed by atoms with Crippen LogP contribution in [0.1, 0.15) is 0 Å². The van der Waals surface area contributed by atoms with Gasteiger partial charge in [0.15, 0.2) is 0 Å². The Morgan fingerprint density at radius 3 is 1.08 bits per heavy atom. The van der Waals surface area contributed by atoms with Gasteiger partial charge < -0.3 is 4.90 Å². The molecule has 0 heterocycles. The molecule has 1 heteroatoms. The maximum absolute atomic E-state index is 2.45. The van der Waals surface area contributed by atoms with Crippen LogP contribution < -0.4 is 4.90 Å². The van der Waals surface area contributed by atoms with Gasteiger partial charge >= 0.3 is 0 Å². The molecule has 12 aromatic carbocycles. The predicted octanol–water partition coefficient (Wildman–Crippen LogP) is 17.6. The maximum atomic E-state index is 2.45. The molecule has 0 aliphatic heterocycles. The van der Waals surface area contributed by atoms with Gasteiger partial charge in [0.05, 0.1) is 0 Å². The van der Waals surface area contributed by atoms with Crippen molar-refractivity contribution in [2.75, 3.05) is 4.90 Å². The van der Waals surface area contributed by atoms with Crippen LogP contribution in [0, 0.1) is 0 Å². The zero-order valence-corrected chi connectivity index (χ0v) is 34.6. The first-order valence-electron chi connectivity index (χ1n) is 21.7. The lowest BCUT2D eigenvalue weighted by Gasteiger charge is -2.27. The quantitative estimate of drug-likeness (QED) is 0.145. The van der Waals surface area contributed by atoms with Gasteiger partial charge in [-0.3, -0.25) is 0 Å². The van der Waals surface area contributed by atoms with Crippen molar-refractivity contribution in [3.8, 4) is 44.5 Å². The van der Waals surface area contributed by atoms with Crippen LogP contribution in [0.3, 0.4) is 0 Å². The highest BCUT2D eigenvalue weighted by molar-refractivity contribution is 6.23. The summed E-state index contributed by atoms with van der Waals surface area (Å²) in [5.74, 6) is 0. The minimum Gasteiger partial charge on any atom is -0.310 e. The second kappa shape index (κ2) is 15.3. The Bertz CT molecular complexity index is 3590. The molecule has 0 saturated heterocycles. The Morgan fingerprint density at radius 1 is 0.206 bits per heavy atom. The molecule has 0 spiro atoms. The second-order valence-corrected chi connectivity index (χ2v) is 16.5. The Balaban J connectivity index is 1.16. The van der Waals surface area contributed by atoms with Gasteiger partial charge in [-0.15, -0.1) is 0 Å². The third kappa shape index (κ3) is 6.50. The van der Waals surface area contributed by atoms with Crippen molar-refractivity contribution in [2.45, 2.75) is 0 Å². The van der Waals surface area contributed by atoms with E-state index in [4.69, 9.17) is 0 Å². The Hall–Kier alpha value is -8.26. The Morgan fingerprint density at radius 2 is 0.571 bits per heavy atom. The summed E-state index contributed by atoms with van der Waals surface area (Å²) in [5.41, 5.74) is 13.0. The number of anilines is 3. The van der Waals surface area contributed by atoms with E-state index in [0.29, 0.717) is 0 Å².